The van der Waals surface area contributed by atoms with E-state index in [1.54, 1.807) is 12.1 Å². The highest BCUT2D eigenvalue weighted by molar-refractivity contribution is 9.11. The lowest BCUT2D eigenvalue weighted by molar-refractivity contribution is -0.122. The van der Waals surface area contributed by atoms with E-state index in [9.17, 15) is 19.2 Å². The topological polar surface area (TPSA) is 105 Å². The summed E-state index contributed by atoms with van der Waals surface area (Å²) < 4.78 is 6.92. The molecule has 38 heavy (non-hydrogen) atoms. The molecule has 4 rings (SSSR count). The molecule has 0 atom stereocenters. The predicted octanol–water partition coefficient (Wildman–Crippen LogP) is 6.17. The van der Waals surface area contributed by atoms with Crippen LogP contribution in [0.5, 0.6) is 5.75 Å². The molecular formula is C27H20Br2ClN3O5. The maximum absolute atomic E-state index is 13.3. The normalized spacial score (nSPS) is 14.5. The fourth-order valence-electron chi connectivity index (χ4n) is 3.67. The lowest BCUT2D eigenvalue weighted by Gasteiger charge is -2.26. The number of imide groups is 2. The smallest absolute Gasteiger partial charge is 0.335 e. The maximum Gasteiger partial charge on any atom is 0.335 e. The number of amides is 5. The van der Waals surface area contributed by atoms with Crippen LogP contribution >= 0.6 is 43.5 Å². The van der Waals surface area contributed by atoms with Crippen LogP contribution in [0.2, 0.25) is 5.02 Å². The average Bonchev–Trinajstić information content (AvgIpc) is 2.84. The molecule has 0 bridgehead atoms. The van der Waals surface area contributed by atoms with Crippen LogP contribution < -0.4 is 20.3 Å². The molecule has 194 valence electrons. The number of nitrogens with zero attached hydrogens (tertiary/aromatic N) is 1. The minimum atomic E-state index is -0.880. The van der Waals surface area contributed by atoms with Crippen LogP contribution in [0.25, 0.3) is 6.08 Å². The Morgan fingerprint density at radius 3 is 2.47 bits per heavy atom. The van der Waals surface area contributed by atoms with Crippen LogP contribution in [0.4, 0.5) is 16.2 Å². The summed E-state index contributed by atoms with van der Waals surface area (Å²) in [5.41, 5.74) is 2.85. The minimum Gasteiger partial charge on any atom is -0.482 e. The summed E-state index contributed by atoms with van der Waals surface area (Å²) in [5.74, 6) is -1.85. The third-order valence-corrected chi connectivity index (χ3v) is 6.84. The van der Waals surface area contributed by atoms with E-state index in [1.807, 2.05) is 32.0 Å². The van der Waals surface area contributed by atoms with Gasteiger partial charge in [0.15, 0.2) is 6.61 Å². The number of ether oxygens (including phenoxy) is 1. The van der Waals surface area contributed by atoms with Crippen LogP contribution in [0.15, 0.2) is 69.1 Å². The predicted molar refractivity (Wildman–Crippen MR) is 152 cm³/mol. The molecule has 5 amide bonds. The van der Waals surface area contributed by atoms with Gasteiger partial charge in [-0.25, -0.2) is 9.69 Å². The van der Waals surface area contributed by atoms with Crippen LogP contribution in [0.1, 0.15) is 16.7 Å². The molecule has 0 aromatic heterocycles. The zero-order valence-corrected chi connectivity index (χ0v) is 24.0. The molecule has 3 aromatic carbocycles. The van der Waals surface area contributed by atoms with E-state index >= 15 is 0 Å². The van der Waals surface area contributed by atoms with E-state index in [2.05, 4.69) is 42.5 Å². The van der Waals surface area contributed by atoms with Crippen molar-refractivity contribution >= 4 is 84.7 Å². The van der Waals surface area contributed by atoms with Crippen molar-refractivity contribution in [2.75, 3.05) is 16.8 Å². The number of carbonyl (C=O) groups excluding carboxylic acids is 4. The van der Waals surface area contributed by atoms with Gasteiger partial charge in [-0.2, -0.15) is 0 Å². The van der Waals surface area contributed by atoms with E-state index in [-0.39, 0.29) is 23.6 Å². The lowest BCUT2D eigenvalue weighted by Crippen LogP contribution is -2.54. The van der Waals surface area contributed by atoms with Crippen molar-refractivity contribution in [3.8, 4) is 5.75 Å². The van der Waals surface area contributed by atoms with Gasteiger partial charge in [0.1, 0.15) is 11.3 Å². The molecule has 11 heteroatoms. The van der Waals surface area contributed by atoms with Crippen LogP contribution in [0.3, 0.4) is 0 Å². The number of carbonyl (C=O) groups is 4. The second-order valence-electron chi connectivity index (χ2n) is 8.40. The van der Waals surface area contributed by atoms with Gasteiger partial charge in [0, 0.05) is 20.7 Å². The van der Waals surface area contributed by atoms with Crippen LogP contribution in [-0.2, 0) is 14.4 Å². The molecule has 0 spiro atoms. The van der Waals surface area contributed by atoms with Crippen LogP contribution in [-0.4, -0.2) is 30.4 Å². The number of halogens is 3. The summed E-state index contributed by atoms with van der Waals surface area (Å²) in [6, 6.07) is 14.2. The van der Waals surface area contributed by atoms with Crippen LogP contribution in [0, 0.1) is 13.8 Å². The van der Waals surface area contributed by atoms with Gasteiger partial charge < -0.3 is 10.1 Å². The maximum atomic E-state index is 13.3. The summed E-state index contributed by atoms with van der Waals surface area (Å²) in [6.07, 6.45) is 1.31. The zero-order valence-electron chi connectivity index (χ0n) is 20.1. The molecule has 3 aromatic rings. The fourth-order valence-corrected chi connectivity index (χ4v) is 5.17. The van der Waals surface area contributed by atoms with E-state index in [4.69, 9.17) is 16.3 Å². The highest BCUT2D eigenvalue weighted by Crippen LogP contribution is 2.35. The molecule has 1 fully saturated rings. The Hall–Kier alpha value is -3.47. The molecule has 0 aliphatic carbocycles. The first-order valence-corrected chi connectivity index (χ1v) is 13.2. The molecule has 8 nitrogen and oxygen atoms in total. The van der Waals surface area contributed by atoms with E-state index in [1.165, 1.54) is 30.3 Å². The molecule has 1 aliphatic rings. The number of hydrogen-bond acceptors (Lipinski definition) is 5. The van der Waals surface area contributed by atoms with Gasteiger partial charge in [0.25, 0.3) is 17.7 Å². The van der Waals surface area contributed by atoms with Gasteiger partial charge in [0.2, 0.25) is 0 Å². The summed E-state index contributed by atoms with van der Waals surface area (Å²) >= 11 is 12.7. The number of hydrogen-bond donors (Lipinski definition) is 2. The average molecular weight is 662 g/mol. The largest absolute Gasteiger partial charge is 0.482 e. The first-order valence-electron chi connectivity index (χ1n) is 11.2. The monoisotopic (exact) mass is 659 g/mol. The highest BCUT2D eigenvalue weighted by atomic mass is 79.9. The van der Waals surface area contributed by atoms with Gasteiger partial charge in [0.05, 0.1) is 10.2 Å². The SMILES string of the molecule is Cc1ccc(C)c(NC(=O)COc2c(Br)cc(Br)cc2/C=C2/C(=O)NC(=O)N(c3ccc(Cl)cc3)C2=O)c1. The van der Waals surface area contributed by atoms with Gasteiger partial charge in [-0.1, -0.05) is 39.7 Å². The number of rotatable bonds is 6. The summed E-state index contributed by atoms with van der Waals surface area (Å²) in [4.78, 5) is 51.9. The molecule has 2 N–H and O–H groups in total. The van der Waals surface area contributed by atoms with Crippen molar-refractivity contribution in [2.45, 2.75) is 13.8 Å². The third kappa shape index (κ3) is 6.15. The fraction of sp³-hybridized carbons (Fsp3) is 0.111. The summed E-state index contributed by atoms with van der Waals surface area (Å²) in [6.45, 7) is 3.48. The van der Waals surface area contributed by atoms with E-state index < -0.39 is 23.8 Å². The van der Waals surface area contributed by atoms with Crippen molar-refractivity contribution in [1.82, 2.24) is 5.32 Å². The Bertz CT molecular complexity index is 1510. The van der Waals surface area contributed by atoms with Gasteiger partial charge in [-0.3, -0.25) is 19.7 Å². The Morgan fingerprint density at radius 1 is 1.05 bits per heavy atom. The molecular weight excluding hydrogens is 642 g/mol. The van der Waals surface area contributed by atoms with Crippen molar-refractivity contribution in [1.29, 1.82) is 0 Å². The highest BCUT2D eigenvalue weighted by Gasteiger charge is 2.37. The standard InChI is InChI=1S/C27H20Br2ClN3O5/c1-14-3-4-15(2)22(9-14)31-23(34)13-38-24-16(10-17(28)12-21(24)29)11-20-25(35)32-27(37)33(26(20)36)19-7-5-18(30)6-8-19/h3-12H,13H2,1-2H3,(H,31,34)(H,32,35,37)/b20-11-. The molecule has 1 aliphatic heterocycles. The quantitative estimate of drug-likeness (QED) is 0.243. The Balaban J connectivity index is 1.62. The van der Waals surface area contributed by atoms with Crippen molar-refractivity contribution < 1.29 is 23.9 Å². The van der Waals surface area contributed by atoms with Crippen molar-refractivity contribution in [3.63, 3.8) is 0 Å². The number of anilines is 2. The number of aryl methyl sites for hydroxylation is 2. The summed E-state index contributed by atoms with van der Waals surface area (Å²) in [7, 11) is 0. The third-order valence-electron chi connectivity index (χ3n) is 5.54. The first kappa shape index (κ1) is 27.6. The number of nitrogens with one attached hydrogen (secondary N) is 2. The van der Waals surface area contributed by atoms with Crippen molar-refractivity contribution in [3.05, 3.63) is 90.8 Å². The second kappa shape index (κ2) is 11.5. The molecule has 0 saturated carbocycles. The Labute approximate surface area is 240 Å². The first-order chi connectivity index (χ1) is 18.0. The summed E-state index contributed by atoms with van der Waals surface area (Å²) in [5, 5.41) is 5.42. The minimum absolute atomic E-state index is 0.229. The van der Waals surface area contributed by atoms with Gasteiger partial charge >= 0.3 is 6.03 Å². The number of benzene rings is 3. The Morgan fingerprint density at radius 2 is 1.76 bits per heavy atom. The molecule has 1 saturated heterocycles. The molecule has 1 heterocycles. The van der Waals surface area contributed by atoms with E-state index in [0.29, 0.717) is 25.2 Å². The van der Waals surface area contributed by atoms with Crippen molar-refractivity contribution in [2.24, 2.45) is 0 Å². The molecule has 0 radical (unpaired) electrons. The van der Waals surface area contributed by atoms with Gasteiger partial charge in [-0.05, 0) is 89.4 Å². The Kier molecular flexibility index (Phi) is 8.35. The molecule has 0 unspecified atom stereocenters. The second-order valence-corrected chi connectivity index (χ2v) is 10.6. The van der Waals surface area contributed by atoms with E-state index in [0.717, 1.165) is 16.0 Å². The number of urea groups is 1. The van der Waals surface area contributed by atoms with Gasteiger partial charge in [-0.15, -0.1) is 0 Å². The lowest BCUT2D eigenvalue weighted by atomic mass is 10.1. The zero-order chi connectivity index (χ0) is 27.6. The number of barbiturate groups is 1.